The maximum Gasteiger partial charge on any atom is 0.337 e. The number of carboxylic acid groups (broad SMARTS) is 1. The summed E-state index contributed by atoms with van der Waals surface area (Å²) in [6.45, 7) is 10.5. The lowest BCUT2D eigenvalue weighted by atomic mass is 9.92. The zero-order valence-electron chi connectivity index (χ0n) is 18.0. The quantitative estimate of drug-likeness (QED) is 0.623. The third-order valence-corrected chi connectivity index (χ3v) is 5.21. The van der Waals surface area contributed by atoms with Crippen molar-refractivity contribution in [2.24, 2.45) is 0 Å². The van der Waals surface area contributed by atoms with Gasteiger partial charge in [-0.15, -0.1) is 0 Å². The van der Waals surface area contributed by atoms with Crippen molar-refractivity contribution < 1.29 is 9.90 Å². The fourth-order valence-electron chi connectivity index (χ4n) is 3.33. The van der Waals surface area contributed by atoms with E-state index >= 15 is 0 Å². The Morgan fingerprint density at radius 2 is 1.83 bits per heavy atom. The molecule has 0 spiro atoms. The molecule has 3 rings (SSSR count). The summed E-state index contributed by atoms with van der Waals surface area (Å²) < 4.78 is 1.92. The lowest BCUT2D eigenvalue weighted by Crippen LogP contribution is -2.18. The Labute approximate surface area is 172 Å². The maximum absolute atomic E-state index is 11.9. The van der Waals surface area contributed by atoms with Crippen molar-refractivity contribution in [2.45, 2.75) is 46.5 Å². The Morgan fingerprint density at radius 1 is 1.14 bits per heavy atom. The number of para-hydroxylation sites is 1. The second-order valence-electron chi connectivity index (χ2n) is 8.41. The van der Waals surface area contributed by atoms with Crippen LogP contribution in [0.25, 0.3) is 5.69 Å². The second-order valence-corrected chi connectivity index (χ2v) is 8.41. The first kappa shape index (κ1) is 20.6. The fraction of sp³-hybridized carbons (Fsp3) is 0.333. The minimum atomic E-state index is -0.937. The predicted molar refractivity (Wildman–Crippen MR) is 118 cm³/mol. The van der Waals surface area contributed by atoms with Crippen molar-refractivity contribution in [3.63, 3.8) is 0 Å². The van der Waals surface area contributed by atoms with Crippen LogP contribution in [0.4, 0.5) is 11.5 Å². The van der Waals surface area contributed by atoms with Crippen LogP contribution >= 0.6 is 0 Å². The van der Waals surface area contributed by atoms with E-state index in [1.165, 1.54) is 0 Å². The molecule has 0 radical (unpaired) electrons. The summed E-state index contributed by atoms with van der Waals surface area (Å²) >= 11 is 0. The van der Waals surface area contributed by atoms with E-state index in [2.05, 4.69) is 46.8 Å². The van der Waals surface area contributed by atoms with Gasteiger partial charge in [-0.3, -0.25) is 0 Å². The van der Waals surface area contributed by atoms with Gasteiger partial charge < -0.3 is 10.0 Å². The highest BCUT2D eigenvalue weighted by atomic mass is 16.4. The molecule has 152 valence electrons. The standard InChI is InChI=1S/C24H29N3O2/c1-7-17-12-13-18(23(28)29)20(14-17)26(6)22-15-21(24(3,4)5)25-27(22)19-11-9-8-10-16(19)2/h8-15H,7H2,1-6H3,(H,28,29). The van der Waals surface area contributed by atoms with E-state index in [1.54, 1.807) is 6.07 Å². The van der Waals surface area contributed by atoms with E-state index < -0.39 is 5.97 Å². The van der Waals surface area contributed by atoms with Crippen LogP contribution < -0.4 is 4.90 Å². The van der Waals surface area contributed by atoms with Crippen molar-refractivity contribution in [1.82, 2.24) is 9.78 Å². The fourth-order valence-corrected chi connectivity index (χ4v) is 3.33. The number of aromatic nitrogens is 2. The minimum Gasteiger partial charge on any atom is -0.478 e. The molecule has 1 aromatic heterocycles. The molecule has 0 amide bonds. The zero-order chi connectivity index (χ0) is 21.3. The van der Waals surface area contributed by atoms with Gasteiger partial charge in [-0.2, -0.15) is 5.10 Å². The number of aryl methyl sites for hydroxylation is 2. The van der Waals surface area contributed by atoms with Gasteiger partial charge >= 0.3 is 5.97 Å². The molecular formula is C24H29N3O2. The summed E-state index contributed by atoms with van der Waals surface area (Å²) in [7, 11) is 1.90. The van der Waals surface area contributed by atoms with E-state index in [0.29, 0.717) is 5.69 Å². The van der Waals surface area contributed by atoms with Gasteiger partial charge in [-0.05, 0) is 42.7 Å². The number of carboxylic acids is 1. The molecule has 0 saturated carbocycles. The third-order valence-electron chi connectivity index (χ3n) is 5.21. The minimum absolute atomic E-state index is 0.135. The summed E-state index contributed by atoms with van der Waals surface area (Å²) in [5.74, 6) is -0.104. The highest BCUT2D eigenvalue weighted by molar-refractivity contribution is 5.95. The third kappa shape index (κ3) is 4.04. The van der Waals surface area contributed by atoms with Gasteiger partial charge in [-0.25, -0.2) is 9.48 Å². The Balaban J connectivity index is 2.24. The van der Waals surface area contributed by atoms with Crippen molar-refractivity contribution >= 4 is 17.5 Å². The molecule has 5 heteroatoms. The molecule has 0 unspecified atom stereocenters. The van der Waals surface area contributed by atoms with Crippen LogP contribution in [0.1, 0.15) is 54.9 Å². The van der Waals surface area contributed by atoms with Gasteiger partial charge in [0.05, 0.1) is 22.6 Å². The SMILES string of the molecule is CCc1ccc(C(=O)O)c(N(C)c2cc(C(C)(C)C)nn2-c2ccccc2C)c1. The molecule has 5 nitrogen and oxygen atoms in total. The first-order valence-electron chi connectivity index (χ1n) is 9.90. The molecule has 0 aliphatic carbocycles. The maximum atomic E-state index is 11.9. The number of nitrogens with zero attached hydrogens (tertiary/aromatic N) is 3. The van der Waals surface area contributed by atoms with Crippen LogP contribution in [-0.2, 0) is 11.8 Å². The number of hydrogen-bond acceptors (Lipinski definition) is 3. The van der Waals surface area contributed by atoms with Gasteiger partial charge in [0, 0.05) is 18.5 Å². The summed E-state index contributed by atoms with van der Waals surface area (Å²) in [6, 6.07) is 15.7. The second kappa shape index (κ2) is 7.74. The van der Waals surface area contributed by atoms with Gasteiger partial charge in [0.1, 0.15) is 5.82 Å². The first-order chi connectivity index (χ1) is 13.6. The van der Waals surface area contributed by atoms with E-state index in [9.17, 15) is 9.90 Å². The van der Waals surface area contributed by atoms with Crippen LogP contribution in [0.3, 0.4) is 0 Å². The number of benzene rings is 2. The molecule has 3 aromatic rings. The lowest BCUT2D eigenvalue weighted by molar-refractivity contribution is 0.0697. The van der Waals surface area contributed by atoms with Crippen molar-refractivity contribution in [2.75, 3.05) is 11.9 Å². The molecule has 0 fully saturated rings. The van der Waals surface area contributed by atoms with Crippen LogP contribution in [0.15, 0.2) is 48.5 Å². The van der Waals surface area contributed by atoms with E-state index in [1.807, 2.05) is 47.0 Å². The summed E-state index contributed by atoms with van der Waals surface area (Å²) in [5, 5.41) is 14.6. The van der Waals surface area contributed by atoms with Crippen LogP contribution in [0.5, 0.6) is 0 Å². The molecule has 0 aliphatic rings. The van der Waals surface area contributed by atoms with Gasteiger partial charge in [0.15, 0.2) is 0 Å². The topological polar surface area (TPSA) is 58.4 Å². The van der Waals surface area contributed by atoms with E-state index in [-0.39, 0.29) is 11.0 Å². The highest BCUT2D eigenvalue weighted by Crippen LogP contribution is 2.34. The number of anilines is 2. The van der Waals surface area contributed by atoms with Crippen molar-refractivity contribution in [3.05, 3.63) is 70.9 Å². The highest BCUT2D eigenvalue weighted by Gasteiger charge is 2.25. The van der Waals surface area contributed by atoms with Gasteiger partial charge in [-0.1, -0.05) is 52.0 Å². The normalized spacial score (nSPS) is 11.5. The van der Waals surface area contributed by atoms with Crippen LogP contribution in [-0.4, -0.2) is 27.9 Å². The molecule has 0 saturated heterocycles. The predicted octanol–water partition coefficient (Wildman–Crippen LogP) is 5.51. The van der Waals surface area contributed by atoms with Crippen molar-refractivity contribution in [1.29, 1.82) is 0 Å². The van der Waals surface area contributed by atoms with Crippen LogP contribution in [0, 0.1) is 6.92 Å². The average molecular weight is 392 g/mol. The van der Waals surface area contributed by atoms with Crippen LogP contribution in [0.2, 0.25) is 0 Å². The molecule has 1 heterocycles. The monoisotopic (exact) mass is 391 g/mol. The van der Waals surface area contributed by atoms with E-state index in [0.717, 1.165) is 34.7 Å². The molecule has 0 bridgehead atoms. The summed E-state index contributed by atoms with van der Waals surface area (Å²) in [4.78, 5) is 13.8. The zero-order valence-corrected chi connectivity index (χ0v) is 18.0. The summed E-state index contributed by atoms with van der Waals surface area (Å²) in [5.41, 5.74) is 4.93. The van der Waals surface area contributed by atoms with Gasteiger partial charge in [0.25, 0.3) is 0 Å². The Kier molecular flexibility index (Phi) is 5.51. The number of carbonyl (C=O) groups is 1. The molecule has 29 heavy (non-hydrogen) atoms. The number of hydrogen-bond donors (Lipinski definition) is 1. The number of aromatic carboxylic acids is 1. The molecule has 1 N–H and O–H groups in total. The molecule has 0 aliphatic heterocycles. The lowest BCUT2D eigenvalue weighted by Gasteiger charge is -2.23. The average Bonchev–Trinajstić information content (AvgIpc) is 3.12. The largest absolute Gasteiger partial charge is 0.478 e. The smallest absolute Gasteiger partial charge is 0.337 e. The first-order valence-corrected chi connectivity index (χ1v) is 9.90. The Morgan fingerprint density at radius 3 is 2.41 bits per heavy atom. The summed E-state index contributed by atoms with van der Waals surface area (Å²) in [6.07, 6.45) is 0.838. The van der Waals surface area contributed by atoms with Crippen molar-refractivity contribution in [3.8, 4) is 5.69 Å². The Bertz CT molecular complexity index is 1040. The number of rotatable bonds is 5. The molecular weight excluding hydrogens is 362 g/mol. The van der Waals surface area contributed by atoms with Gasteiger partial charge in [0.2, 0.25) is 0 Å². The molecule has 0 atom stereocenters. The molecule has 2 aromatic carbocycles. The Hall–Kier alpha value is -3.08. The van der Waals surface area contributed by atoms with E-state index in [4.69, 9.17) is 5.10 Å².